The van der Waals surface area contributed by atoms with Crippen LogP contribution in [0.1, 0.15) is 104 Å². The van der Waals surface area contributed by atoms with Crippen LogP contribution < -0.4 is 0 Å². The van der Waals surface area contributed by atoms with Gasteiger partial charge in [0.15, 0.2) is 5.78 Å². The van der Waals surface area contributed by atoms with Crippen molar-refractivity contribution in [1.29, 1.82) is 0 Å². The molecule has 2 atom stereocenters. The van der Waals surface area contributed by atoms with Crippen molar-refractivity contribution in [1.82, 2.24) is 0 Å². The summed E-state index contributed by atoms with van der Waals surface area (Å²) in [6.45, 7) is 4.58. The van der Waals surface area contributed by atoms with Gasteiger partial charge in [-0.05, 0) is 32.1 Å². The predicted molar refractivity (Wildman–Crippen MR) is 123 cm³/mol. The van der Waals surface area contributed by atoms with Crippen LogP contribution in [0, 0.1) is 0 Å². The zero-order valence-electron chi connectivity index (χ0n) is 19.5. The minimum absolute atomic E-state index is 0.358. The summed E-state index contributed by atoms with van der Waals surface area (Å²) in [7, 11) is 2.27. The van der Waals surface area contributed by atoms with Gasteiger partial charge >= 0.3 is 7.60 Å². The van der Waals surface area contributed by atoms with Gasteiger partial charge in [-0.2, -0.15) is 0 Å². The molecule has 28 heavy (non-hydrogen) atoms. The third-order valence-corrected chi connectivity index (χ3v) is 7.68. The molecule has 1 N–H and O–H groups in total. The second-order valence-corrected chi connectivity index (χ2v) is 11.0. The van der Waals surface area contributed by atoms with E-state index >= 15 is 0 Å². The minimum atomic E-state index is -3.56. The monoisotopic (exact) mass is 418 g/mol. The Morgan fingerprint density at radius 3 is 1.75 bits per heavy atom. The van der Waals surface area contributed by atoms with E-state index < -0.39 is 7.60 Å². The highest BCUT2D eigenvalue weighted by Gasteiger charge is 2.41. The van der Waals surface area contributed by atoms with Crippen LogP contribution in [0.25, 0.3) is 0 Å². The normalized spacial score (nSPS) is 15.8. The molecule has 0 fully saturated rings. The van der Waals surface area contributed by atoms with E-state index in [0.717, 1.165) is 19.3 Å². The van der Waals surface area contributed by atoms with E-state index in [4.69, 9.17) is 4.52 Å². The number of hydrogen-bond acceptors (Lipinski definition) is 2. The quantitative estimate of drug-likeness (QED) is 0.104. The Kier molecular flexibility index (Phi) is 16.5. The molecular weight excluding hydrogens is 369 g/mol. The van der Waals surface area contributed by atoms with Gasteiger partial charge in [0.2, 0.25) is 0 Å². The van der Waals surface area contributed by atoms with E-state index in [9.17, 15) is 9.46 Å². The van der Waals surface area contributed by atoms with Gasteiger partial charge in [0, 0.05) is 6.42 Å². The van der Waals surface area contributed by atoms with Gasteiger partial charge in [0.1, 0.15) is 0 Å². The number of nitrogens with zero attached hydrogens (tertiary/aromatic N) is 1. The van der Waals surface area contributed by atoms with E-state index in [2.05, 4.69) is 19.1 Å². The van der Waals surface area contributed by atoms with Crippen molar-refractivity contribution in [2.45, 2.75) is 110 Å². The Balaban J connectivity index is 3.59. The highest BCUT2D eigenvalue weighted by atomic mass is 31.2. The molecule has 0 saturated carbocycles. The second-order valence-electron chi connectivity index (χ2n) is 8.99. The van der Waals surface area contributed by atoms with Crippen LogP contribution in [0.5, 0.6) is 0 Å². The molecule has 0 aliphatic heterocycles. The molecule has 0 rings (SSSR count). The van der Waals surface area contributed by atoms with E-state index in [1.165, 1.54) is 64.2 Å². The summed E-state index contributed by atoms with van der Waals surface area (Å²) in [4.78, 5) is 10.2. The molecule has 0 aliphatic carbocycles. The van der Waals surface area contributed by atoms with Gasteiger partial charge in [-0.15, -0.1) is 0 Å². The van der Waals surface area contributed by atoms with E-state index in [1.807, 2.05) is 28.1 Å². The van der Waals surface area contributed by atoms with Crippen LogP contribution >= 0.6 is 7.60 Å². The SMILES string of the molecule is CCCCCCCCCCC/C=C\CCCCOP(=O)(O)C(CC)[N+](C)(C)C. The molecule has 0 saturated heterocycles. The van der Waals surface area contributed by atoms with Crippen molar-refractivity contribution in [2.24, 2.45) is 0 Å². The first-order valence-electron chi connectivity index (χ1n) is 11.7. The summed E-state index contributed by atoms with van der Waals surface area (Å²) >= 11 is 0. The van der Waals surface area contributed by atoms with Gasteiger partial charge < -0.3 is 13.9 Å². The molecule has 0 bridgehead atoms. The van der Waals surface area contributed by atoms with Crippen LogP contribution in [-0.4, -0.2) is 42.9 Å². The third kappa shape index (κ3) is 14.8. The fraction of sp³-hybridized carbons (Fsp3) is 0.913. The molecule has 0 heterocycles. The molecule has 5 heteroatoms. The second kappa shape index (κ2) is 16.6. The molecule has 0 aromatic rings. The van der Waals surface area contributed by atoms with Crippen LogP contribution in [0.15, 0.2) is 12.2 Å². The summed E-state index contributed by atoms with van der Waals surface area (Å²) in [6.07, 6.45) is 21.6. The van der Waals surface area contributed by atoms with Crippen LogP contribution in [-0.2, 0) is 9.09 Å². The largest absolute Gasteiger partial charge is 0.385 e. The fourth-order valence-electron chi connectivity index (χ4n) is 3.67. The molecule has 2 unspecified atom stereocenters. The number of unbranched alkanes of at least 4 members (excludes halogenated alkanes) is 11. The van der Waals surface area contributed by atoms with Crippen LogP contribution in [0.3, 0.4) is 0 Å². The molecule has 168 valence electrons. The summed E-state index contributed by atoms with van der Waals surface area (Å²) in [5.41, 5.74) is 0. The Bertz CT molecular complexity index is 432. The number of hydrogen-bond donors (Lipinski definition) is 1. The van der Waals surface area contributed by atoms with Gasteiger partial charge in [-0.25, -0.2) is 0 Å². The maximum atomic E-state index is 12.4. The van der Waals surface area contributed by atoms with Gasteiger partial charge in [0.05, 0.1) is 27.7 Å². The van der Waals surface area contributed by atoms with Crippen molar-refractivity contribution in [3.63, 3.8) is 0 Å². The molecule has 0 aromatic heterocycles. The zero-order chi connectivity index (χ0) is 21.3. The Morgan fingerprint density at radius 2 is 1.29 bits per heavy atom. The standard InChI is InChI=1S/C23H48NO3P/c1-6-8-9-10-11-12-13-14-15-16-17-18-19-20-21-22-27-28(25,26)23(7-2)24(3,4)5/h17-18,23H,6-16,19-22H2,1-5H3/p+1/b18-17-. The molecule has 0 amide bonds. The van der Waals surface area contributed by atoms with Gasteiger partial charge in [-0.3, -0.25) is 4.57 Å². The van der Waals surface area contributed by atoms with Crippen molar-refractivity contribution < 1.29 is 18.5 Å². The average Bonchev–Trinajstić information content (AvgIpc) is 2.60. The first-order chi connectivity index (χ1) is 13.3. The fourth-order valence-corrected chi connectivity index (χ4v) is 5.57. The third-order valence-electron chi connectivity index (χ3n) is 5.32. The molecular formula is C23H49NO3P+. The van der Waals surface area contributed by atoms with Crippen molar-refractivity contribution in [3.05, 3.63) is 12.2 Å². The predicted octanol–water partition coefficient (Wildman–Crippen LogP) is 7.28. The average molecular weight is 419 g/mol. The van der Waals surface area contributed by atoms with Crippen LogP contribution in [0.4, 0.5) is 0 Å². The molecule has 0 aromatic carbocycles. The minimum Gasteiger partial charge on any atom is -0.320 e. The Hall–Kier alpha value is -0.150. The maximum Gasteiger partial charge on any atom is 0.385 e. The number of allylic oxidation sites excluding steroid dienone is 2. The van der Waals surface area contributed by atoms with Gasteiger partial charge in [-0.1, -0.05) is 77.4 Å². The van der Waals surface area contributed by atoms with E-state index in [-0.39, 0.29) is 5.78 Å². The Labute approximate surface area is 175 Å². The summed E-state index contributed by atoms with van der Waals surface area (Å²) in [6, 6.07) is 0. The lowest BCUT2D eigenvalue weighted by Crippen LogP contribution is -2.44. The maximum absolute atomic E-state index is 12.4. The van der Waals surface area contributed by atoms with Gasteiger partial charge in [0.25, 0.3) is 0 Å². The lowest BCUT2D eigenvalue weighted by molar-refractivity contribution is -0.883. The van der Waals surface area contributed by atoms with E-state index in [0.29, 0.717) is 17.5 Å². The number of quaternary nitrogens is 1. The molecule has 0 radical (unpaired) electrons. The lowest BCUT2D eigenvalue weighted by Gasteiger charge is -2.35. The first-order valence-corrected chi connectivity index (χ1v) is 13.3. The zero-order valence-corrected chi connectivity index (χ0v) is 20.4. The molecule has 4 nitrogen and oxygen atoms in total. The molecule has 0 aliphatic rings. The van der Waals surface area contributed by atoms with E-state index in [1.54, 1.807) is 0 Å². The summed E-state index contributed by atoms with van der Waals surface area (Å²) < 4.78 is 18.3. The lowest BCUT2D eigenvalue weighted by atomic mass is 10.1. The van der Waals surface area contributed by atoms with Crippen molar-refractivity contribution in [2.75, 3.05) is 27.7 Å². The first kappa shape index (κ1) is 27.8. The summed E-state index contributed by atoms with van der Waals surface area (Å²) in [5.74, 6) is -0.358. The topological polar surface area (TPSA) is 46.5 Å². The molecule has 0 spiro atoms. The van der Waals surface area contributed by atoms with Crippen molar-refractivity contribution in [3.8, 4) is 0 Å². The number of rotatable bonds is 19. The van der Waals surface area contributed by atoms with Crippen LogP contribution in [0.2, 0.25) is 0 Å². The smallest absolute Gasteiger partial charge is 0.320 e. The Morgan fingerprint density at radius 1 is 0.821 bits per heavy atom. The van der Waals surface area contributed by atoms with Crippen molar-refractivity contribution >= 4 is 7.60 Å². The highest BCUT2D eigenvalue weighted by Crippen LogP contribution is 2.51. The highest BCUT2D eigenvalue weighted by molar-refractivity contribution is 7.53. The summed E-state index contributed by atoms with van der Waals surface area (Å²) in [5, 5.41) is 0.